The Morgan fingerprint density at radius 2 is 2.07 bits per heavy atom. The third-order valence-corrected chi connectivity index (χ3v) is 4.21. The van der Waals surface area contributed by atoms with Crippen LogP contribution in [0.3, 0.4) is 0 Å². The molecule has 0 aromatic carbocycles. The maximum absolute atomic E-state index is 12.3. The number of nitrogens with zero attached hydrogens (tertiary/aromatic N) is 3. The molecule has 4 nitrogen and oxygen atoms in total. The molecule has 2 saturated heterocycles. The first-order valence-electron chi connectivity index (χ1n) is 5.41. The van der Waals surface area contributed by atoms with Crippen LogP contribution in [-0.2, 0) is 4.79 Å². The summed E-state index contributed by atoms with van der Waals surface area (Å²) in [5, 5.41) is 0. The van der Waals surface area contributed by atoms with Gasteiger partial charge in [-0.3, -0.25) is 9.69 Å². The van der Waals surface area contributed by atoms with Crippen LogP contribution in [0.15, 0.2) is 0 Å². The third kappa shape index (κ3) is 1.11. The first kappa shape index (κ1) is 10.6. The molecule has 15 heavy (non-hydrogen) atoms. The predicted molar refractivity (Wildman–Crippen MR) is 57.9 cm³/mol. The summed E-state index contributed by atoms with van der Waals surface area (Å²) in [6.07, 6.45) is 0.159. The zero-order chi connectivity index (χ0) is 11.4. The van der Waals surface area contributed by atoms with E-state index in [2.05, 4.69) is 18.7 Å². The highest BCUT2D eigenvalue weighted by atomic mass is 16.2. The van der Waals surface area contributed by atoms with E-state index in [1.165, 1.54) is 0 Å². The number of hydrogen-bond acceptors (Lipinski definition) is 2. The van der Waals surface area contributed by atoms with Crippen LogP contribution in [-0.4, -0.2) is 65.9 Å². The zero-order valence-electron chi connectivity index (χ0n) is 9.90. The Balaban J connectivity index is 2.44. The van der Waals surface area contributed by atoms with Crippen molar-refractivity contribution in [2.45, 2.75) is 25.6 Å². The van der Waals surface area contributed by atoms with Gasteiger partial charge in [0.1, 0.15) is 13.1 Å². The van der Waals surface area contributed by atoms with Crippen molar-refractivity contribution < 1.29 is 9.37 Å². The minimum absolute atomic E-state index is 0.159. The number of carbonyl (C=O) groups is 1. The van der Waals surface area contributed by atoms with E-state index in [1.54, 1.807) is 4.58 Å². The van der Waals surface area contributed by atoms with Crippen LogP contribution in [0.5, 0.6) is 0 Å². The molecule has 0 aliphatic carbocycles. The molecule has 3 atom stereocenters. The summed E-state index contributed by atoms with van der Waals surface area (Å²) in [4.78, 5) is 16.3. The molecule has 0 N–H and O–H groups in total. The highest BCUT2D eigenvalue weighted by molar-refractivity contribution is 5.89. The molecule has 2 aliphatic rings. The van der Waals surface area contributed by atoms with Crippen LogP contribution >= 0.6 is 0 Å². The van der Waals surface area contributed by atoms with E-state index in [4.69, 9.17) is 6.72 Å². The fourth-order valence-corrected chi connectivity index (χ4v) is 2.99. The Hall–Kier alpha value is -0.900. The topological polar surface area (TPSA) is 26.6 Å². The van der Waals surface area contributed by atoms with Crippen molar-refractivity contribution in [3.8, 4) is 0 Å². The van der Waals surface area contributed by atoms with Crippen molar-refractivity contribution >= 4 is 12.6 Å². The zero-order valence-corrected chi connectivity index (χ0v) is 9.90. The number of carbonyl (C=O) groups excluding carboxylic acids is 1. The summed E-state index contributed by atoms with van der Waals surface area (Å²) < 4.78 is 1.75. The van der Waals surface area contributed by atoms with Crippen LogP contribution in [0.1, 0.15) is 13.8 Å². The number of likely N-dealkylation sites (N-methyl/N-ethyl adjacent to an activating group) is 2. The van der Waals surface area contributed by atoms with Crippen molar-refractivity contribution in [1.82, 2.24) is 9.80 Å². The largest absolute Gasteiger partial charge is 0.414 e. The minimum Gasteiger partial charge on any atom is -0.414 e. The summed E-state index contributed by atoms with van der Waals surface area (Å²) in [6.45, 7) is 11.4. The molecular weight excluding hydrogens is 190 g/mol. The predicted octanol–water partition coefficient (Wildman–Crippen LogP) is -0.285. The van der Waals surface area contributed by atoms with Gasteiger partial charge in [-0.1, -0.05) is 6.92 Å². The van der Waals surface area contributed by atoms with Gasteiger partial charge in [0.15, 0.2) is 5.54 Å². The lowest BCUT2D eigenvalue weighted by Crippen LogP contribution is -2.53. The molecule has 0 aromatic rings. The molecule has 3 unspecified atom stereocenters. The van der Waals surface area contributed by atoms with Gasteiger partial charge in [0.2, 0.25) is 0 Å². The fourth-order valence-electron chi connectivity index (χ4n) is 2.99. The average Bonchev–Trinajstić information content (AvgIpc) is 2.56. The molecule has 2 aliphatic heterocycles. The fraction of sp³-hybridized carbons (Fsp3) is 0.818. The van der Waals surface area contributed by atoms with E-state index in [-0.39, 0.29) is 18.0 Å². The second-order valence-corrected chi connectivity index (χ2v) is 4.91. The lowest BCUT2D eigenvalue weighted by molar-refractivity contribution is -0.503. The Bertz CT molecular complexity index is 328. The van der Waals surface area contributed by atoms with Crippen molar-refractivity contribution in [2.75, 3.05) is 27.2 Å². The van der Waals surface area contributed by atoms with Crippen LogP contribution < -0.4 is 0 Å². The first-order chi connectivity index (χ1) is 6.91. The Morgan fingerprint density at radius 3 is 2.40 bits per heavy atom. The quantitative estimate of drug-likeness (QED) is 0.405. The maximum atomic E-state index is 12.3. The molecule has 0 saturated carbocycles. The lowest BCUT2D eigenvalue weighted by atomic mass is 9.87. The summed E-state index contributed by atoms with van der Waals surface area (Å²) >= 11 is 0. The summed E-state index contributed by atoms with van der Waals surface area (Å²) in [7, 11) is 3.88. The smallest absolute Gasteiger partial charge is 0.251 e. The van der Waals surface area contributed by atoms with Crippen LogP contribution in [0.25, 0.3) is 0 Å². The van der Waals surface area contributed by atoms with E-state index in [9.17, 15) is 4.79 Å². The van der Waals surface area contributed by atoms with E-state index < -0.39 is 5.54 Å². The van der Waals surface area contributed by atoms with Crippen LogP contribution in [0, 0.1) is 5.92 Å². The van der Waals surface area contributed by atoms with E-state index >= 15 is 0 Å². The number of amides is 1. The first-order valence-corrected chi connectivity index (χ1v) is 5.41. The molecule has 2 fully saturated rings. The van der Waals surface area contributed by atoms with Gasteiger partial charge in [0.05, 0.1) is 6.17 Å². The Labute approximate surface area is 91.2 Å². The molecular formula is C11H19N3O. The van der Waals surface area contributed by atoms with Crippen LogP contribution in [0.4, 0.5) is 0 Å². The van der Waals surface area contributed by atoms with Crippen molar-refractivity contribution in [3.05, 3.63) is 0 Å². The molecule has 0 aromatic heterocycles. The van der Waals surface area contributed by atoms with Gasteiger partial charge in [0, 0.05) is 13.0 Å². The van der Waals surface area contributed by atoms with Gasteiger partial charge in [-0.15, -0.1) is 0 Å². The standard InChI is InChI=1S/C11H19N3O/c1-8-6-12(3)7-11(8)10(15)13(4)9(2)14(11)5/h3,8-9H,6-7H2,1-2,4-5H3. The maximum Gasteiger partial charge on any atom is 0.251 e. The molecule has 0 radical (unpaired) electrons. The van der Waals surface area contributed by atoms with Crippen molar-refractivity contribution in [3.63, 3.8) is 0 Å². The molecule has 1 spiro atoms. The van der Waals surface area contributed by atoms with Gasteiger partial charge >= 0.3 is 0 Å². The lowest BCUT2D eigenvalue weighted by Gasteiger charge is -2.30. The molecule has 84 valence electrons. The summed E-state index contributed by atoms with van der Waals surface area (Å²) in [6, 6.07) is 0. The van der Waals surface area contributed by atoms with Gasteiger partial charge in [-0.2, -0.15) is 0 Å². The number of rotatable bonds is 0. The minimum atomic E-state index is -0.400. The third-order valence-electron chi connectivity index (χ3n) is 4.21. The SMILES string of the molecule is [CH-]=[N+]1CC(C)C2(C1)C(=O)N(C)C(C)N2C. The van der Waals surface area contributed by atoms with Gasteiger partial charge in [-0.05, 0) is 14.0 Å². The highest BCUT2D eigenvalue weighted by Gasteiger charge is 2.61. The molecule has 1 amide bonds. The molecule has 4 heteroatoms. The second kappa shape index (κ2) is 3.04. The van der Waals surface area contributed by atoms with E-state index in [0.717, 1.165) is 6.54 Å². The van der Waals surface area contributed by atoms with E-state index in [0.29, 0.717) is 6.54 Å². The summed E-state index contributed by atoms with van der Waals surface area (Å²) in [5.41, 5.74) is -0.400. The average molecular weight is 209 g/mol. The Kier molecular flexibility index (Phi) is 2.15. The molecule has 2 rings (SSSR count). The molecule has 0 bridgehead atoms. The van der Waals surface area contributed by atoms with Crippen molar-refractivity contribution in [1.29, 1.82) is 0 Å². The van der Waals surface area contributed by atoms with Crippen LogP contribution in [0.2, 0.25) is 0 Å². The second-order valence-electron chi connectivity index (χ2n) is 4.91. The molecule has 2 heterocycles. The normalized spacial score (nSPS) is 42.3. The van der Waals surface area contributed by atoms with E-state index in [1.807, 2.05) is 19.0 Å². The Morgan fingerprint density at radius 1 is 1.47 bits per heavy atom. The van der Waals surface area contributed by atoms with Gasteiger partial charge in [-0.25, -0.2) is 6.72 Å². The van der Waals surface area contributed by atoms with Gasteiger partial charge < -0.3 is 9.48 Å². The van der Waals surface area contributed by atoms with Gasteiger partial charge in [0.25, 0.3) is 5.91 Å². The number of hydrogen-bond donors (Lipinski definition) is 0. The monoisotopic (exact) mass is 209 g/mol. The summed E-state index contributed by atoms with van der Waals surface area (Å²) in [5.74, 6) is 0.491. The highest BCUT2D eigenvalue weighted by Crippen LogP contribution is 2.38. The van der Waals surface area contributed by atoms with Crippen molar-refractivity contribution in [2.24, 2.45) is 5.92 Å².